The smallest absolute Gasteiger partial charge is 0.407 e. The highest BCUT2D eigenvalue weighted by molar-refractivity contribution is 5.82. The Kier molecular flexibility index (Phi) is 6.41. The van der Waals surface area contributed by atoms with Crippen LogP contribution in [0.3, 0.4) is 0 Å². The Balaban J connectivity index is 1.40. The number of carbonyl (C=O) groups excluding carboxylic acids is 2. The van der Waals surface area contributed by atoms with Crippen molar-refractivity contribution >= 4 is 17.7 Å². The summed E-state index contributed by atoms with van der Waals surface area (Å²) in [5.74, 6) is -2.00. The summed E-state index contributed by atoms with van der Waals surface area (Å²) in [7, 11) is 0. The number of hydrogen-bond donors (Lipinski definition) is 1. The number of carbonyl (C=O) groups is 2. The molecule has 6 nitrogen and oxygen atoms in total. The van der Waals surface area contributed by atoms with Crippen LogP contribution < -0.4 is 10.2 Å². The number of rotatable bonds is 5. The number of nitrogens with zero attached hydrogens (tertiary/aromatic N) is 2. The van der Waals surface area contributed by atoms with Gasteiger partial charge in [-0.05, 0) is 17.7 Å². The van der Waals surface area contributed by atoms with Crippen LogP contribution in [-0.4, -0.2) is 49.6 Å². The Hall–Kier alpha value is -3.16. The number of anilines is 1. The number of piperazine rings is 1. The zero-order chi connectivity index (χ0) is 19.9. The highest BCUT2D eigenvalue weighted by Crippen LogP contribution is 2.19. The van der Waals surface area contributed by atoms with Gasteiger partial charge >= 0.3 is 6.09 Å². The Morgan fingerprint density at radius 3 is 2.36 bits per heavy atom. The van der Waals surface area contributed by atoms with Crippen molar-refractivity contribution in [3.8, 4) is 0 Å². The third-order valence-electron chi connectivity index (χ3n) is 4.50. The van der Waals surface area contributed by atoms with Crippen LogP contribution in [0.5, 0.6) is 0 Å². The average molecular weight is 389 g/mol. The second-order valence-electron chi connectivity index (χ2n) is 6.38. The van der Waals surface area contributed by atoms with Gasteiger partial charge in [-0.25, -0.2) is 13.6 Å². The highest BCUT2D eigenvalue weighted by Gasteiger charge is 2.22. The number of ether oxygens (including phenoxy) is 1. The van der Waals surface area contributed by atoms with Crippen molar-refractivity contribution in [1.82, 2.24) is 10.2 Å². The molecule has 2 aromatic rings. The largest absolute Gasteiger partial charge is 0.445 e. The molecule has 0 saturated carbocycles. The molecule has 0 aliphatic carbocycles. The summed E-state index contributed by atoms with van der Waals surface area (Å²) in [5.41, 5.74) is 1.44. The van der Waals surface area contributed by atoms with E-state index in [0.29, 0.717) is 31.9 Å². The molecule has 0 atom stereocenters. The van der Waals surface area contributed by atoms with Gasteiger partial charge in [0.25, 0.3) is 0 Å². The van der Waals surface area contributed by atoms with Gasteiger partial charge in [0.1, 0.15) is 13.2 Å². The van der Waals surface area contributed by atoms with Crippen molar-refractivity contribution in [2.45, 2.75) is 6.61 Å². The first kappa shape index (κ1) is 19.6. The first-order chi connectivity index (χ1) is 13.5. The summed E-state index contributed by atoms with van der Waals surface area (Å²) >= 11 is 0. The molecule has 1 heterocycles. The molecular formula is C20H21F2N3O3. The first-order valence-corrected chi connectivity index (χ1v) is 8.95. The van der Waals surface area contributed by atoms with E-state index in [1.165, 1.54) is 6.07 Å². The molecule has 2 aromatic carbocycles. The quantitative estimate of drug-likeness (QED) is 0.854. The molecule has 0 bridgehead atoms. The molecule has 0 radical (unpaired) electrons. The van der Waals surface area contributed by atoms with Gasteiger partial charge in [0.2, 0.25) is 5.91 Å². The van der Waals surface area contributed by atoms with Gasteiger partial charge in [-0.15, -0.1) is 0 Å². The van der Waals surface area contributed by atoms with Crippen LogP contribution in [0.1, 0.15) is 5.56 Å². The predicted octanol–water partition coefficient (Wildman–Crippen LogP) is 2.54. The van der Waals surface area contributed by atoms with E-state index in [2.05, 4.69) is 5.32 Å². The number of halogens is 2. The molecule has 3 rings (SSSR count). The molecule has 8 heteroatoms. The van der Waals surface area contributed by atoms with E-state index < -0.39 is 17.7 Å². The van der Waals surface area contributed by atoms with Crippen molar-refractivity contribution in [3.63, 3.8) is 0 Å². The summed E-state index contributed by atoms with van der Waals surface area (Å²) < 4.78 is 31.5. The van der Waals surface area contributed by atoms with Gasteiger partial charge < -0.3 is 19.9 Å². The minimum atomic E-state index is -0.894. The van der Waals surface area contributed by atoms with E-state index in [0.717, 1.165) is 17.7 Å². The van der Waals surface area contributed by atoms with Crippen molar-refractivity contribution < 1.29 is 23.1 Å². The minimum absolute atomic E-state index is 0.133. The van der Waals surface area contributed by atoms with Gasteiger partial charge in [0.15, 0.2) is 11.6 Å². The van der Waals surface area contributed by atoms with Crippen molar-refractivity contribution in [2.24, 2.45) is 0 Å². The van der Waals surface area contributed by atoms with Crippen LogP contribution in [-0.2, 0) is 16.1 Å². The highest BCUT2D eigenvalue weighted by atomic mass is 19.2. The third-order valence-corrected chi connectivity index (χ3v) is 4.50. The lowest BCUT2D eigenvalue weighted by Gasteiger charge is -2.36. The van der Waals surface area contributed by atoms with Crippen LogP contribution in [0.4, 0.5) is 19.3 Å². The molecule has 1 N–H and O–H groups in total. The second-order valence-corrected chi connectivity index (χ2v) is 6.38. The van der Waals surface area contributed by atoms with Gasteiger partial charge in [-0.1, -0.05) is 30.3 Å². The van der Waals surface area contributed by atoms with E-state index >= 15 is 0 Å². The van der Waals surface area contributed by atoms with Crippen LogP contribution in [0, 0.1) is 11.6 Å². The Morgan fingerprint density at radius 1 is 0.964 bits per heavy atom. The van der Waals surface area contributed by atoms with Gasteiger partial charge in [0, 0.05) is 37.9 Å². The maximum absolute atomic E-state index is 13.4. The fourth-order valence-corrected chi connectivity index (χ4v) is 2.93. The number of nitrogens with one attached hydrogen (secondary N) is 1. The maximum Gasteiger partial charge on any atom is 0.407 e. The second kappa shape index (κ2) is 9.16. The predicted molar refractivity (Wildman–Crippen MR) is 99.8 cm³/mol. The number of alkyl carbamates (subject to hydrolysis) is 1. The van der Waals surface area contributed by atoms with Gasteiger partial charge in [0.05, 0.1) is 0 Å². The zero-order valence-electron chi connectivity index (χ0n) is 15.2. The van der Waals surface area contributed by atoms with E-state index in [-0.39, 0.29) is 19.1 Å². The molecule has 148 valence electrons. The first-order valence-electron chi connectivity index (χ1n) is 8.95. The van der Waals surface area contributed by atoms with Crippen LogP contribution in [0.15, 0.2) is 48.5 Å². The van der Waals surface area contributed by atoms with Crippen LogP contribution in [0.25, 0.3) is 0 Å². The lowest BCUT2D eigenvalue weighted by molar-refractivity contribution is -0.130. The number of amides is 2. The normalized spacial score (nSPS) is 13.9. The standard InChI is InChI=1S/C20H21F2N3O3/c21-17-7-6-16(12-18(17)22)24-8-10-25(11-9-24)19(26)13-23-20(27)28-14-15-4-2-1-3-5-15/h1-7,12H,8-11,13-14H2,(H,23,27). The van der Waals surface area contributed by atoms with Crippen molar-refractivity contribution in [1.29, 1.82) is 0 Å². The Labute approximate surface area is 161 Å². The fraction of sp³-hybridized carbons (Fsp3) is 0.300. The third kappa shape index (κ3) is 5.18. The molecule has 1 aliphatic heterocycles. The van der Waals surface area contributed by atoms with Crippen LogP contribution >= 0.6 is 0 Å². The Morgan fingerprint density at radius 2 is 1.68 bits per heavy atom. The summed E-state index contributed by atoms with van der Waals surface area (Å²) in [6.07, 6.45) is -0.655. The Bertz CT molecular complexity index is 825. The van der Waals surface area contributed by atoms with Crippen LogP contribution in [0.2, 0.25) is 0 Å². The minimum Gasteiger partial charge on any atom is -0.445 e. The fourth-order valence-electron chi connectivity index (χ4n) is 2.93. The van der Waals surface area contributed by atoms with Gasteiger partial charge in [-0.3, -0.25) is 4.79 Å². The van der Waals surface area contributed by atoms with E-state index in [4.69, 9.17) is 4.74 Å². The van der Waals surface area contributed by atoms with Crippen molar-refractivity contribution in [2.75, 3.05) is 37.6 Å². The van der Waals surface area contributed by atoms with E-state index in [1.807, 2.05) is 35.2 Å². The summed E-state index contributed by atoms with van der Waals surface area (Å²) in [6.45, 7) is 1.83. The topological polar surface area (TPSA) is 61.9 Å². The summed E-state index contributed by atoms with van der Waals surface area (Å²) in [6, 6.07) is 13.0. The molecule has 2 amide bonds. The van der Waals surface area contributed by atoms with E-state index in [9.17, 15) is 18.4 Å². The molecule has 1 fully saturated rings. The molecular weight excluding hydrogens is 368 g/mol. The maximum atomic E-state index is 13.4. The van der Waals surface area contributed by atoms with Crippen molar-refractivity contribution in [3.05, 3.63) is 65.7 Å². The molecule has 1 saturated heterocycles. The number of benzene rings is 2. The number of hydrogen-bond acceptors (Lipinski definition) is 4. The van der Waals surface area contributed by atoms with Gasteiger partial charge in [-0.2, -0.15) is 0 Å². The summed E-state index contributed by atoms with van der Waals surface area (Å²) in [5, 5.41) is 2.45. The monoisotopic (exact) mass is 389 g/mol. The molecule has 0 spiro atoms. The zero-order valence-corrected chi connectivity index (χ0v) is 15.2. The molecule has 0 unspecified atom stereocenters. The molecule has 0 aromatic heterocycles. The lowest BCUT2D eigenvalue weighted by Crippen LogP contribution is -2.51. The average Bonchev–Trinajstić information content (AvgIpc) is 2.73. The van der Waals surface area contributed by atoms with E-state index in [1.54, 1.807) is 4.90 Å². The molecule has 28 heavy (non-hydrogen) atoms. The molecule has 1 aliphatic rings. The summed E-state index contributed by atoms with van der Waals surface area (Å²) in [4.78, 5) is 27.5. The SMILES string of the molecule is O=C(NCC(=O)N1CCN(c2ccc(F)c(F)c2)CC1)OCc1ccccc1. The lowest BCUT2D eigenvalue weighted by atomic mass is 10.2.